The fourth-order valence-corrected chi connectivity index (χ4v) is 5.46. The summed E-state index contributed by atoms with van der Waals surface area (Å²) in [7, 11) is 0. The molecule has 11 heteroatoms. The van der Waals surface area contributed by atoms with Crippen LogP contribution in [0.2, 0.25) is 0 Å². The Labute approximate surface area is 212 Å². The summed E-state index contributed by atoms with van der Waals surface area (Å²) in [4.78, 5) is 38.8. The third-order valence-electron chi connectivity index (χ3n) is 7.13. The molecule has 0 atom stereocenters. The third kappa shape index (κ3) is 4.55. The molecule has 1 aromatic carbocycles. The fourth-order valence-electron chi connectivity index (χ4n) is 5.46. The van der Waals surface area contributed by atoms with Crippen LogP contribution in [0, 0.1) is 6.92 Å². The van der Waals surface area contributed by atoms with Gasteiger partial charge in [0.1, 0.15) is 11.3 Å². The Kier molecular flexibility index (Phi) is 6.63. The van der Waals surface area contributed by atoms with Crippen LogP contribution in [0.15, 0.2) is 47.9 Å². The van der Waals surface area contributed by atoms with E-state index in [1.165, 1.54) is 6.08 Å². The van der Waals surface area contributed by atoms with Crippen molar-refractivity contribution < 1.29 is 18.3 Å². The van der Waals surface area contributed by atoms with E-state index in [9.17, 15) is 18.4 Å². The molecule has 194 valence electrons. The molecule has 5 rings (SSSR count). The SMILES string of the molecule is C=CC(=O)N1CCN(c2cc3cnc(N)nc3n(C3CCC(OC(F)F)CC3)c2=O)c2cccc(C)c21. The normalized spacial score (nSPS) is 19.8. The number of fused-ring (bicyclic) bond motifs is 2. The average Bonchev–Trinajstić information content (AvgIpc) is 2.88. The molecule has 37 heavy (non-hydrogen) atoms. The maximum atomic E-state index is 14.1. The van der Waals surface area contributed by atoms with Crippen LogP contribution in [-0.4, -0.2) is 46.2 Å². The van der Waals surface area contributed by atoms with E-state index >= 15 is 0 Å². The van der Waals surface area contributed by atoms with E-state index in [4.69, 9.17) is 10.5 Å². The lowest BCUT2D eigenvalue weighted by Gasteiger charge is -2.38. The first kappa shape index (κ1) is 24.8. The summed E-state index contributed by atoms with van der Waals surface area (Å²) in [5, 5.41) is 0.633. The molecule has 1 aliphatic heterocycles. The summed E-state index contributed by atoms with van der Waals surface area (Å²) >= 11 is 0. The van der Waals surface area contributed by atoms with E-state index in [0.29, 0.717) is 55.5 Å². The number of hydrogen-bond acceptors (Lipinski definition) is 7. The molecule has 3 heterocycles. The van der Waals surface area contributed by atoms with Crippen LogP contribution in [0.25, 0.3) is 11.0 Å². The smallest absolute Gasteiger partial charge is 0.345 e. The largest absolute Gasteiger partial charge is 0.368 e. The van der Waals surface area contributed by atoms with Crippen molar-refractivity contribution in [2.24, 2.45) is 0 Å². The second-order valence-electron chi connectivity index (χ2n) is 9.33. The third-order valence-corrected chi connectivity index (χ3v) is 7.13. The van der Waals surface area contributed by atoms with Crippen LogP contribution in [-0.2, 0) is 9.53 Å². The molecule has 0 bridgehead atoms. The minimum absolute atomic E-state index is 0.0423. The first-order chi connectivity index (χ1) is 17.8. The molecule has 1 aliphatic carbocycles. The highest BCUT2D eigenvalue weighted by atomic mass is 19.3. The molecule has 1 saturated carbocycles. The lowest BCUT2D eigenvalue weighted by atomic mass is 9.92. The van der Waals surface area contributed by atoms with Gasteiger partial charge in [-0.05, 0) is 56.4 Å². The van der Waals surface area contributed by atoms with Crippen molar-refractivity contribution in [2.75, 3.05) is 28.6 Å². The number of pyridine rings is 1. The van der Waals surface area contributed by atoms with Crippen molar-refractivity contribution in [1.29, 1.82) is 0 Å². The molecule has 0 unspecified atom stereocenters. The second kappa shape index (κ2) is 9.89. The van der Waals surface area contributed by atoms with Gasteiger partial charge in [-0.25, -0.2) is 4.98 Å². The van der Waals surface area contributed by atoms with E-state index in [2.05, 4.69) is 16.5 Å². The number of rotatable bonds is 5. The van der Waals surface area contributed by atoms with E-state index in [-0.39, 0.29) is 23.5 Å². The van der Waals surface area contributed by atoms with Gasteiger partial charge in [0.2, 0.25) is 5.95 Å². The summed E-state index contributed by atoms with van der Waals surface area (Å²) < 4.78 is 31.8. The monoisotopic (exact) mass is 510 g/mol. The number of carbonyl (C=O) groups excluding carboxylic acids is 1. The minimum Gasteiger partial charge on any atom is -0.368 e. The molecule has 2 aliphatic rings. The van der Waals surface area contributed by atoms with Gasteiger partial charge in [-0.3, -0.25) is 14.2 Å². The van der Waals surface area contributed by atoms with Crippen molar-refractivity contribution in [3.05, 3.63) is 59.0 Å². The van der Waals surface area contributed by atoms with Crippen LogP contribution in [0.1, 0.15) is 37.3 Å². The van der Waals surface area contributed by atoms with Gasteiger partial charge < -0.3 is 20.3 Å². The van der Waals surface area contributed by atoms with Gasteiger partial charge in [-0.2, -0.15) is 13.8 Å². The second-order valence-corrected chi connectivity index (χ2v) is 9.33. The number of nitrogen functional groups attached to an aromatic ring is 1. The summed E-state index contributed by atoms with van der Waals surface area (Å²) in [5.41, 5.74) is 8.78. The van der Waals surface area contributed by atoms with Gasteiger partial charge in [0.25, 0.3) is 11.5 Å². The Hall–Kier alpha value is -3.86. The molecule has 1 amide bonds. The van der Waals surface area contributed by atoms with Crippen LogP contribution >= 0.6 is 0 Å². The lowest BCUT2D eigenvalue weighted by molar-refractivity contribution is -0.171. The number of ether oxygens (including phenoxy) is 1. The van der Waals surface area contributed by atoms with Crippen molar-refractivity contribution >= 4 is 40.0 Å². The van der Waals surface area contributed by atoms with Crippen LogP contribution in [0.4, 0.5) is 31.8 Å². The number of para-hydroxylation sites is 1. The number of aryl methyl sites for hydroxylation is 1. The molecule has 3 aromatic rings. The molecule has 2 N–H and O–H groups in total. The van der Waals surface area contributed by atoms with Crippen LogP contribution < -0.4 is 21.1 Å². The van der Waals surface area contributed by atoms with Crippen LogP contribution in [0.5, 0.6) is 0 Å². The van der Waals surface area contributed by atoms with Gasteiger partial charge in [0.05, 0.1) is 17.5 Å². The molecular weight excluding hydrogens is 482 g/mol. The molecular formula is C26H28F2N6O3. The molecule has 2 aromatic heterocycles. The quantitative estimate of drug-likeness (QED) is 0.516. The predicted molar refractivity (Wildman–Crippen MR) is 137 cm³/mol. The van der Waals surface area contributed by atoms with Gasteiger partial charge in [0.15, 0.2) is 0 Å². The highest BCUT2D eigenvalue weighted by Gasteiger charge is 2.32. The van der Waals surface area contributed by atoms with Crippen molar-refractivity contribution in [1.82, 2.24) is 14.5 Å². The first-order valence-corrected chi connectivity index (χ1v) is 12.2. The average molecular weight is 511 g/mol. The summed E-state index contributed by atoms with van der Waals surface area (Å²) in [6.45, 7) is 3.48. The fraction of sp³-hybridized carbons (Fsp3) is 0.385. The number of nitrogens with two attached hydrogens (primary N) is 1. The zero-order valence-corrected chi connectivity index (χ0v) is 20.4. The number of amides is 1. The van der Waals surface area contributed by atoms with Crippen molar-refractivity contribution in [2.45, 2.75) is 51.4 Å². The predicted octanol–water partition coefficient (Wildman–Crippen LogP) is 4.08. The maximum Gasteiger partial charge on any atom is 0.345 e. The molecule has 1 fully saturated rings. The van der Waals surface area contributed by atoms with Crippen molar-refractivity contribution in [3.8, 4) is 0 Å². The molecule has 9 nitrogen and oxygen atoms in total. The first-order valence-electron chi connectivity index (χ1n) is 12.2. The maximum absolute atomic E-state index is 14.1. The van der Waals surface area contributed by atoms with Gasteiger partial charge in [-0.1, -0.05) is 18.7 Å². The number of anilines is 4. The Balaban J connectivity index is 1.62. The standard InChI is InChI=1S/C26H28F2N6O3/c1-3-21(35)33-12-11-32(19-6-4-5-15(2)22(19)33)20-13-16-14-30-26(29)31-23(16)34(24(20)36)17-7-9-18(10-8-17)37-25(27)28/h3-6,13-14,17-18,25H,1,7-12H2,2H3,(H2,29,30,31). The van der Waals surface area contributed by atoms with Gasteiger partial charge >= 0.3 is 6.61 Å². The number of nitrogens with zero attached hydrogens (tertiary/aromatic N) is 5. The molecule has 0 saturated heterocycles. The number of halogens is 2. The Morgan fingerprint density at radius 2 is 1.97 bits per heavy atom. The highest BCUT2D eigenvalue weighted by molar-refractivity contribution is 6.05. The van der Waals surface area contributed by atoms with Gasteiger partial charge in [-0.15, -0.1) is 0 Å². The Morgan fingerprint density at radius 1 is 1.22 bits per heavy atom. The molecule has 0 radical (unpaired) electrons. The number of carbonyl (C=O) groups is 1. The van der Waals surface area contributed by atoms with E-state index in [0.717, 1.165) is 16.9 Å². The van der Waals surface area contributed by atoms with E-state index < -0.39 is 12.7 Å². The van der Waals surface area contributed by atoms with Gasteiger partial charge in [0, 0.05) is 30.7 Å². The highest BCUT2D eigenvalue weighted by Crippen LogP contribution is 2.40. The lowest BCUT2D eigenvalue weighted by Crippen LogP contribution is -2.44. The molecule has 0 spiro atoms. The van der Waals surface area contributed by atoms with Crippen LogP contribution in [0.3, 0.4) is 0 Å². The van der Waals surface area contributed by atoms with E-state index in [1.54, 1.807) is 21.7 Å². The number of alkyl halides is 2. The van der Waals surface area contributed by atoms with E-state index in [1.807, 2.05) is 30.0 Å². The summed E-state index contributed by atoms with van der Waals surface area (Å²) in [6, 6.07) is 7.17. The zero-order chi connectivity index (χ0) is 26.3. The minimum atomic E-state index is -2.82. The Bertz CT molecular complexity index is 1420. The van der Waals surface area contributed by atoms with Crippen molar-refractivity contribution in [3.63, 3.8) is 0 Å². The summed E-state index contributed by atoms with van der Waals surface area (Å²) in [6.07, 6.45) is 4.08. The topological polar surface area (TPSA) is 107 Å². The zero-order valence-electron chi connectivity index (χ0n) is 20.4. The number of benzene rings is 1. The summed E-state index contributed by atoms with van der Waals surface area (Å²) in [5.74, 6) is -0.168. The number of hydrogen-bond donors (Lipinski definition) is 1. The Morgan fingerprint density at radius 3 is 2.68 bits per heavy atom. The number of aromatic nitrogens is 3.